The van der Waals surface area contributed by atoms with Gasteiger partial charge in [0.2, 0.25) is 0 Å². The average molecular weight is 302 g/mol. The Morgan fingerprint density at radius 2 is 0.500 bits per heavy atom. The summed E-state index contributed by atoms with van der Waals surface area (Å²) < 4.78 is 0. The minimum atomic E-state index is 0. The van der Waals surface area contributed by atoms with E-state index in [0.29, 0.717) is 0 Å². The monoisotopic (exact) mass is 302 g/mol. The topological polar surface area (TPSA) is 175 Å². The summed E-state index contributed by atoms with van der Waals surface area (Å²) in [6, 6.07) is 0. The van der Waals surface area contributed by atoms with Crippen molar-refractivity contribution in [1.82, 2.24) is 0 Å². The number of hydrogen-bond donors (Lipinski definition) is 0. The van der Waals surface area contributed by atoms with E-state index >= 15 is 0 Å². The van der Waals surface area contributed by atoms with Gasteiger partial charge in [0.15, 0.2) is 0 Å². The minimum absolute atomic E-state index is 0. The molecule has 0 saturated heterocycles. The molecular weight excluding hydrogens is 302 g/mol. The van der Waals surface area contributed by atoms with Crippen LogP contribution in [0.5, 0.6) is 0 Å². The third-order valence-corrected chi connectivity index (χ3v) is 0.361. The fourth-order valence-corrected chi connectivity index (χ4v) is 0.136. The maximum atomic E-state index is 9.03. The first-order chi connectivity index (χ1) is 7.91. The van der Waals surface area contributed by atoms with Gasteiger partial charge in [-0.15, -0.1) is 0 Å². The smallest absolute Gasteiger partial charge is 0.689 e. The zero-order valence-corrected chi connectivity index (χ0v) is 12.5. The SMILES string of the molecule is [Na+].[Na+].[O-]OOOOOOOOOOOOOO[O-]. The summed E-state index contributed by atoms with van der Waals surface area (Å²) in [7, 11) is 0. The zero-order chi connectivity index (χ0) is 11.9. The first-order valence-corrected chi connectivity index (χ1v) is 2.50. The Hall–Kier alpha value is 1.36. The van der Waals surface area contributed by atoms with Gasteiger partial charge in [-0.2, -0.15) is 0 Å². The van der Waals surface area contributed by atoms with Crippen molar-refractivity contribution >= 4 is 0 Å². The molecule has 18 heavy (non-hydrogen) atoms. The largest absolute Gasteiger partial charge is 1.00 e. The summed E-state index contributed by atoms with van der Waals surface area (Å²) in [4.78, 5) is 0. The molecule has 0 aliphatic carbocycles. The molecule has 0 aromatic heterocycles. The Morgan fingerprint density at radius 1 is 0.333 bits per heavy atom. The maximum absolute atomic E-state index is 9.03. The van der Waals surface area contributed by atoms with Gasteiger partial charge in [-0.1, -0.05) is 0 Å². The quantitative estimate of drug-likeness (QED) is 0.135. The van der Waals surface area contributed by atoms with Crippen LogP contribution in [0.1, 0.15) is 0 Å². The second-order valence-electron chi connectivity index (χ2n) is 0.953. The summed E-state index contributed by atoms with van der Waals surface area (Å²) in [5, 5.41) is 63.0. The van der Waals surface area contributed by atoms with Crippen LogP contribution in [-0.4, -0.2) is 0 Å². The molecule has 0 fully saturated rings. The molecule has 0 aromatic carbocycles. The van der Waals surface area contributed by atoms with E-state index in [1.165, 1.54) is 0 Å². The standard InChI is InChI=1S/2Na.H2O16/c;;1-3-5-7-9-11-13-15-16-14-12-10-8-6-4-2/h;;1-2H/q2*+1;/p-2. The Bertz CT molecular complexity index is 102. The first-order valence-electron chi connectivity index (χ1n) is 2.50. The molecule has 0 bridgehead atoms. The van der Waals surface area contributed by atoms with Gasteiger partial charge in [0.05, 0.1) is 0 Å². The molecule has 0 amide bonds. The van der Waals surface area contributed by atoms with E-state index in [2.05, 4.69) is 70.5 Å². The summed E-state index contributed by atoms with van der Waals surface area (Å²) in [5.74, 6) is 0. The summed E-state index contributed by atoms with van der Waals surface area (Å²) >= 11 is 0. The van der Waals surface area contributed by atoms with Crippen LogP contribution in [0, 0.1) is 0 Å². The molecule has 0 saturated carbocycles. The van der Waals surface area contributed by atoms with Crippen LogP contribution < -0.4 is 69.6 Å². The summed E-state index contributed by atoms with van der Waals surface area (Å²) in [5.41, 5.74) is 0. The first kappa shape index (κ1) is 24.4. The van der Waals surface area contributed by atoms with Crippen LogP contribution in [0.25, 0.3) is 0 Å². The Morgan fingerprint density at radius 3 is 0.667 bits per heavy atom. The fraction of sp³-hybridized carbons (Fsp3) is 0. The molecule has 0 unspecified atom stereocenters. The van der Waals surface area contributed by atoms with Crippen LogP contribution in [-0.2, 0) is 70.5 Å². The van der Waals surface area contributed by atoms with Crippen molar-refractivity contribution in [3.05, 3.63) is 0 Å². The molecular formula is Na2O16. The predicted octanol–water partition coefficient (Wildman–Crippen LogP) is -9.33. The Kier molecular flexibility index (Phi) is 31.8. The Labute approximate surface area is 139 Å². The van der Waals surface area contributed by atoms with Gasteiger partial charge in [-0.3, -0.25) is 10.1 Å². The van der Waals surface area contributed by atoms with E-state index in [1.807, 2.05) is 0 Å². The molecule has 0 aliphatic rings. The predicted molar refractivity (Wildman–Crippen MR) is 15.2 cm³/mol. The van der Waals surface area contributed by atoms with Crippen LogP contribution in [0.3, 0.4) is 0 Å². The van der Waals surface area contributed by atoms with E-state index in [-0.39, 0.29) is 59.1 Å². The van der Waals surface area contributed by atoms with Crippen LogP contribution in [0.2, 0.25) is 0 Å². The summed E-state index contributed by atoms with van der Waals surface area (Å²) in [6.45, 7) is 0. The van der Waals surface area contributed by atoms with Gasteiger partial charge < -0.3 is 10.5 Å². The van der Waals surface area contributed by atoms with Crippen molar-refractivity contribution in [2.45, 2.75) is 0 Å². The molecule has 0 rings (SSSR count). The van der Waals surface area contributed by atoms with Crippen molar-refractivity contribution < 1.29 is 140 Å². The number of hydrogen-bond acceptors (Lipinski definition) is 16. The zero-order valence-electron chi connectivity index (χ0n) is 8.53. The van der Waals surface area contributed by atoms with E-state index < -0.39 is 0 Å². The van der Waals surface area contributed by atoms with E-state index in [9.17, 15) is 0 Å². The van der Waals surface area contributed by atoms with E-state index in [0.717, 1.165) is 0 Å². The van der Waals surface area contributed by atoms with Crippen molar-refractivity contribution in [1.29, 1.82) is 0 Å². The van der Waals surface area contributed by atoms with Gasteiger partial charge >= 0.3 is 59.1 Å². The molecule has 0 spiro atoms. The summed E-state index contributed by atoms with van der Waals surface area (Å²) in [6.07, 6.45) is 0. The van der Waals surface area contributed by atoms with Crippen LogP contribution in [0.4, 0.5) is 0 Å². The Balaban J connectivity index is -0.00000112. The van der Waals surface area contributed by atoms with Crippen molar-refractivity contribution in [3.63, 3.8) is 0 Å². The molecule has 0 radical (unpaired) electrons. The van der Waals surface area contributed by atoms with Gasteiger partial charge in [-0.25, -0.2) is 0 Å². The second kappa shape index (κ2) is 23.5. The van der Waals surface area contributed by atoms with Crippen LogP contribution in [0.15, 0.2) is 0 Å². The van der Waals surface area contributed by atoms with Crippen LogP contribution >= 0.6 is 0 Å². The van der Waals surface area contributed by atoms with E-state index in [4.69, 9.17) is 10.5 Å². The molecule has 0 aromatic rings. The van der Waals surface area contributed by atoms with Crippen molar-refractivity contribution in [2.75, 3.05) is 0 Å². The van der Waals surface area contributed by atoms with Crippen molar-refractivity contribution in [2.24, 2.45) is 0 Å². The molecule has 0 N–H and O–H groups in total. The van der Waals surface area contributed by atoms with Crippen molar-refractivity contribution in [3.8, 4) is 0 Å². The van der Waals surface area contributed by atoms with Gasteiger partial charge in [0.25, 0.3) is 0 Å². The third-order valence-electron chi connectivity index (χ3n) is 0.361. The third kappa shape index (κ3) is 22.5. The molecule has 0 aliphatic heterocycles. The van der Waals surface area contributed by atoms with Gasteiger partial charge in [-0.05, 0) is 60.5 Å². The molecule has 98 valence electrons. The van der Waals surface area contributed by atoms with Gasteiger partial charge in [0.1, 0.15) is 0 Å². The average Bonchev–Trinajstić information content (AvgIpc) is 2.31. The molecule has 0 heterocycles. The second-order valence-corrected chi connectivity index (χ2v) is 0.953. The fourth-order valence-electron chi connectivity index (χ4n) is 0.136. The maximum Gasteiger partial charge on any atom is 1.00 e. The van der Waals surface area contributed by atoms with Gasteiger partial charge in [0, 0.05) is 0 Å². The molecule has 0 atom stereocenters. The molecule has 16 nitrogen and oxygen atoms in total. The number of rotatable bonds is 13. The normalized spacial score (nSPS) is 9.67. The van der Waals surface area contributed by atoms with E-state index in [1.54, 1.807) is 0 Å². The minimum Gasteiger partial charge on any atom is -0.689 e. The molecule has 18 heteroatoms.